The van der Waals surface area contributed by atoms with Crippen LogP contribution in [0.15, 0.2) is 32.2 Å². The molecule has 0 amide bonds. The van der Waals surface area contributed by atoms with E-state index in [2.05, 4.69) is 0 Å². The van der Waals surface area contributed by atoms with Crippen molar-refractivity contribution < 1.29 is 19.0 Å². The summed E-state index contributed by atoms with van der Waals surface area (Å²) in [7, 11) is 2.70. The van der Waals surface area contributed by atoms with Crippen molar-refractivity contribution in [2.45, 2.75) is 6.92 Å². The number of aryl methyl sites for hydroxylation is 1. The van der Waals surface area contributed by atoms with E-state index in [0.29, 0.717) is 5.56 Å². The summed E-state index contributed by atoms with van der Waals surface area (Å²) >= 11 is 6.19. The van der Waals surface area contributed by atoms with E-state index in [9.17, 15) is 14.7 Å². The van der Waals surface area contributed by atoms with E-state index < -0.39 is 11.1 Å². The topological polar surface area (TPSA) is 86.0 Å². The van der Waals surface area contributed by atoms with Gasteiger partial charge in [0.15, 0.2) is 5.75 Å². The van der Waals surface area contributed by atoms with Crippen LogP contribution >= 0.6 is 11.6 Å². The molecule has 7 heteroatoms. The zero-order valence-electron chi connectivity index (χ0n) is 13.1. The molecular formula is C17H13ClO6. The average Bonchev–Trinajstić information content (AvgIpc) is 2.62. The van der Waals surface area contributed by atoms with Gasteiger partial charge in [-0.15, -0.1) is 0 Å². The van der Waals surface area contributed by atoms with Crippen LogP contribution in [0.5, 0.6) is 17.2 Å². The van der Waals surface area contributed by atoms with Crippen molar-refractivity contribution >= 4 is 33.3 Å². The van der Waals surface area contributed by atoms with Gasteiger partial charge in [0.05, 0.1) is 25.0 Å². The second kappa shape index (κ2) is 5.72. The Morgan fingerprint density at radius 2 is 1.79 bits per heavy atom. The summed E-state index contributed by atoms with van der Waals surface area (Å²) in [5.41, 5.74) is -0.767. The number of halogens is 1. The lowest BCUT2D eigenvalue weighted by molar-refractivity contribution is 0.398. The molecule has 0 radical (unpaired) electrons. The lowest BCUT2D eigenvalue weighted by atomic mass is 10.1. The van der Waals surface area contributed by atoms with E-state index in [1.54, 1.807) is 6.92 Å². The highest BCUT2D eigenvalue weighted by atomic mass is 35.5. The highest BCUT2D eigenvalue weighted by Crippen LogP contribution is 2.39. The Morgan fingerprint density at radius 3 is 2.42 bits per heavy atom. The Balaban J connectivity index is 2.75. The van der Waals surface area contributed by atoms with Gasteiger partial charge in [0, 0.05) is 0 Å². The Labute approximate surface area is 140 Å². The van der Waals surface area contributed by atoms with Gasteiger partial charge >= 0.3 is 5.63 Å². The average molecular weight is 349 g/mol. The van der Waals surface area contributed by atoms with Gasteiger partial charge in [0.1, 0.15) is 27.5 Å². The lowest BCUT2D eigenvalue weighted by Gasteiger charge is -2.09. The first-order valence-electron chi connectivity index (χ1n) is 6.94. The standard InChI is InChI=1S/C17H13ClO6/c1-7-4-9(19)13-10(5-7)24-17(21)8-6-11(22-2)14(18)16(23-3)12(8)15(13)20/h4-6,19H,1-3H3. The zero-order valence-corrected chi connectivity index (χ0v) is 13.9. The second-order valence-electron chi connectivity index (χ2n) is 5.22. The maximum absolute atomic E-state index is 13.0. The van der Waals surface area contributed by atoms with Crippen LogP contribution in [0.2, 0.25) is 5.02 Å². The van der Waals surface area contributed by atoms with Crippen molar-refractivity contribution in [1.82, 2.24) is 0 Å². The molecule has 2 aromatic carbocycles. The van der Waals surface area contributed by atoms with Crippen LogP contribution in [0.1, 0.15) is 5.56 Å². The van der Waals surface area contributed by atoms with Gasteiger partial charge in [0.2, 0.25) is 5.43 Å². The second-order valence-corrected chi connectivity index (χ2v) is 5.60. The van der Waals surface area contributed by atoms with E-state index in [1.165, 1.54) is 32.4 Å². The minimum Gasteiger partial charge on any atom is -0.507 e. The summed E-state index contributed by atoms with van der Waals surface area (Å²) in [6.45, 7) is 1.71. The van der Waals surface area contributed by atoms with Crippen LogP contribution < -0.4 is 20.5 Å². The van der Waals surface area contributed by atoms with E-state index in [1.807, 2.05) is 0 Å². The number of hydrogen-bond acceptors (Lipinski definition) is 6. The van der Waals surface area contributed by atoms with Crippen LogP contribution in [0, 0.1) is 6.92 Å². The minimum atomic E-state index is -0.768. The van der Waals surface area contributed by atoms with Crippen molar-refractivity contribution in [3.63, 3.8) is 0 Å². The molecule has 1 aromatic heterocycles. The number of ether oxygens (including phenoxy) is 2. The summed E-state index contributed by atoms with van der Waals surface area (Å²) in [5.74, 6) is -0.131. The number of rotatable bonds is 2. The first-order chi connectivity index (χ1) is 11.4. The van der Waals surface area contributed by atoms with Gasteiger partial charge in [-0.1, -0.05) is 11.6 Å². The molecule has 1 heterocycles. The normalized spacial score (nSPS) is 11.0. The molecule has 124 valence electrons. The van der Waals surface area contributed by atoms with Gasteiger partial charge < -0.3 is 19.0 Å². The molecule has 3 rings (SSSR count). The third-order valence-electron chi connectivity index (χ3n) is 3.71. The predicted octanol–water partition coefficient (Wildman–Crippen LogP) is 2.99. The molecule has 0 aliphatic carbocycles. The first-order valence-corrected chi connectivity index (χ1v) is 7.31. The van der Waals surface area contributed by atoms with Crippen LogP contribution in [0.4, 0.5) is 0 Å². The van der Waals surface area contributed by atoms with Crippen molar-refractivity contribution in [3.05, 3.63) is 49.4 Å². The summed E-state index contributed by atoms with van der Waals surface area (Å²) < 4.78 is 15.6. The number of phenolic OH excluding ortho intramolecular Hbond substituents is 1. The Hall–Kier alpha value is -2.73. The zero-order chi connectivity index (χ0) is 17.6. The molecule has 0 unspecified atom stereocenters. The van der Waals surface area contributed by atoms with Gasteiger partial charge in [0.25, 0.3) is 0 Å². The molecule has 0 saturated carbocycles. The number of methoxy groups -OCH3 is 2. The van der Waals surface area contributed by atoms with Crippen LogP contribution in [-0.2, 0) is 0 Å². The van der Waals surface area contributed by atoms with E-state index >= 15 is 0 Å². The summed E-state index contributed by atoms with van der Waals surface area (Å²) in [6.07, 6.45) is 0. The van der Waals surface area contributed by atoms with Crippen molar-refractivity contribution in [2.75, 3.05) is 14.2 Å². The smallest absolute Gasteiger partial charge is 0.344 e. The number of benzene rings is 2. The molecule has 1 N–H and O–H groups in total. The number of aromatic hydroxyl groups is 1. The molecule has 3 aromatic rings. The molecule has 6 nitrogen and oxygen atoms in total. The molecule has 0 aliphatic rings. The molecule has 24 heavy (non-hydrogen) atoms. The molecule has 0 saturated heterocycles. The summed E-state index contributed by atoms with van der Waals surface area (Å²) in [5, 5.41) is 9.97. The number of phenols is 1. The fourth-order valence-electron chi connectivity index (χ4n) is 2.66. The van der Waals surface area contributed by atoms with Crippen LogP contribution in [0.25, 0.3) is 21.7 Å². The Kier molecular flexibility index (Phi) is 3.85. The van der Waals surface area contributed by atoms with Crippen LogP contribution in [0.3, 0.4) is 0 Å². The highest BCUT2D eigenvalue weighted by Gasteiger charge is 2.20. The monoisotopic (exact) mass is 348 g/mol. The third kappa shape index (κ3) is 2.27. The minimum absolute atomic E-state index is 0.0132. The molecule has 0 atom stereocenters. The Bertz CT molecular complexity index is 1100. The first kappa shape index (κ1) is 16.1. The maximum Gasteiger partial charge on any atom is 0.344 e. The maximum atomic E-state index is 13.0. The summed E-state index contributed by atoms with van der Waals surface area (Å²) in [4.78, 5) is 25.4. The van der Waals surface area contributed by atoms with E-state index in [-0.39, 0.29) is 44.0 Å². The highest BCUT2D eigenvalue weighted by molar-refractivity contribution is 6.35. The predicted molar refractivity (Wildman–Crippen MR) is 90.8 cm³/mol. The van der Waals surface area contributed by atoms with Gasteiger partial charge in [-0.3, -0.25) is 4.79 Å². The fourth-order valence-corrected chi connectivity index (χ4v) is 2.96. The lowest BCUT2D eigenvalue weighted by Crippen LogP contribution is -2.05. The quantitative estimate of drug-likeness (QED) is 0.766. The number of fused-ring (bicyclic) bond motifs is 2. The number of hydrogen-bond donors (Lipinski definition) is 1. The molecule has 0 bridgehead atoms. The van der Waals surface area contributed by atoms with Crippen molar-refractivity contribution in [3.8, 4) is 17.2 Å². The van der Waals surface area contributed by atoms with Gasteiger partial charge in [-0.05, 0) is 30.7 Å². The SMILES string of the molecule is COc1cc2c(=O)oc3cc(C)cc(O)c3c(=O)c2c(OC)c1Cl. The van der Waals surface area contributed by atoms with E-state index in [0.717, 1.165) is 0 Å². The Morgan fingerprint density at radius 1 is 1.08 bits per heavy atom. The largest absolute Gasteiger partial charge is 0.507 e. The van der Waals surface area contributed by atoms with Crippen molar-refractivity contribution in [2.24, 2.45) is 0 Å². The molecule has 0 spiro atoms. The summed E-state index contributed by atoms with van der Waals surface area (Å²) in [6, 6.07) is 4.23. The molecule has 0 fully saturated rings. The third-order valence-corrected chi connectivity index (χ3v) is 4.07. The van der Waals surface area contributed by atoms with Crippen LogP contribution in [-0.4, -0.2) is 19.3 Å². The molecule has 0 aliphatic heterocycles. The fraction of sp³-hybridized carbons (Fsp3) is 0.176. The van der Waals surface area contributed by atoms with Gasteiger partial charge in [-0.25, -0.2) is 4.79 Å². The molecular weight excluding hydrogens is 336 g/mol. The van der Waals surface area contributed by atoms with Gasteiger partial charge in [-0.2, -0.15) is 0 Å². The van der Waals surface area contributed by atoms with Crippen molar-refractivity contribution in [1.29, 1.82) is 0 Å². The van der Waals surface area contributed by atoms with E-state index in [4.69, 9.17) is 25.5 Å².